The molecule has 2 aliphatic heterocycles. The summed E-state index contributed by atoms with van der Waals surface area (Å²) in [5, 5.41) is 34.4. The number of nitrogens with zero attached hydrogens (tertiary/aromatic N) is 2. The predicted molar refractivity (Wildman–Crippen MR) is 257 cm³/mol. The van der Waals surface area contributed by atoms with Crippen molar-refractivity contribution >= 4 is 104 Å². The second-order valence-electron chi connectivity index (χ2n) is 16.5. The van der Waals surface area contributed by atoms with Crippen molar-refractivity contribution in [2.75, 3.05) is 42.6 Å². The Morgan fingerprint density at radius 3 is 1.96 bits per heavy atom. The van der Waals surface area contributed by atoms with E-state index in [9.17, 15) is 58.2 Å². The lowest BCUT2D eigenvalue weighted by Gasteiger charge is -2.26. The Bertz CT molecular complexity index is 2020. The number of amides is 5. The minimum Gasteiger partial charge on any atom is -0.862 e. The van der Waals surface area contributed by atoms with Crippen LogP contribution in [0, 0.1) is 17.8 Å². The van der Waals surface area contributed by atoms with Crippen LogP contribution in [0.3, 0.4) is 0 Å². The van der Waals surface area contributed by atoms with Gasteiger partial charge in [-0.25, -0.2) is 0 Å². The zero-order valence-electron chi connectivity index (χ0n) is 38.2. The number of unbranched alkanes of at least 4 members (excludes halogenated alkanes) is 1. The third-order valence-electron chi connectivity index (χ3n) is 10.9. The normalized spacial score (nSPS) is 25.0. The first-order chi connectivity index (χ1) is 32.3. The summed E-state index contributed by atoms with van der Waals surface area (Å²) in [6.45, 7) is 2.21. The fraction of sp³-hybridized carbons (Fsp3) is 0.591. The van der Waals surface area contributed by atoms with E-state index in [0.717, 1.165) is 33.3 Å². The molecule has 2 fully saturated rings. The number of Topliss-reactive ketones (excluding diaryl/α,β-unsaturated/α-hetero) is 4. The average Bonchev–Trinajstić information content (AvgIpc) is 3.27. The van der Waals surface area contributed by atoms with Gasteiger partial charge in [0.1, 0.15) is 6.04 Å². The van der Waals surface area contributed by atoms with Crippen LogP contribution in [0.4, 0.5) is 0 Å². The lowest BCUT2D eigenvalue weighted by atomic mass is 9.90. The van der Waals surface area contributed by atoms with Crippen molar-refractivity contribution in [1.29, 1.82) is 0 Å². The number of hydrogen-bond donors (Lipinski definition) is 8. The topological polar surface area (TPSA) is 351 Å². The number of rotatable bonds is 14. The maximum Gasteiger partial charge on any atom is 0.304 e. The molecule has 0 spiro atoms. The van der Waals surface area contributed by atoms with Crippen molar-refractivity contribution in [1.82, 2.24) is 26.6 Å². The van der Waals surface area contributed by atoms with Crippen LogP contribution in [0.1, 0.15) is 77.2 Å². The molecular weight excluding hydrogens is 943 g/mol. The van der Waals surface area contributed by atoms with Crippen molar-refractivity contribution in [3.05, 3.63) is 35.9 Å². The first-order valence-electron chi connectivity index (χ1n) is 22.2. The monoisotopic (exact) mass is 1000 g/mol. The largest absolute Gasteiger partial charge is 0.862 e. The lowest BCUT2D eigenvalue weighted by molar-refractivity contribution is -0.216. The summed E-state index contributed by atoms with van der Waals surface area (Å²) >= 11 is 1.01. The number of benzene rings is 1. The number of guanidine groups is 1. The predicted octanol–water partition coefficient (Wildman–Crippen LogP) is -0.781. The van der Waals surface area contributed by atoms with E-state index in [4.69, 9.17) is 11.5 Å². The number of carboxylic acids is 1. The molecule has 0 saturated carbocycles. The summed E-state index contributed by atoms with van der Waals surface area (Å²) in [4.78, 5) is 144. The first kappa shape index (κ1) is 56.8. The van der Waals surface area contributed by atoms with E-state index >= 15 is 0 Å². The average molecular weight is 1010 g/mol. The number of carboxylic acid groups (broad SMARTS) is 1. The van der Waals surface area contributed by atoms with Crippen LogP contribution in [-0.4, -0.2) is 142 Å². The minimum atomic E-state index is -1.47. The highest BCUT2D eigenvalue weighted by atomic mass is 33.1. The highest BCUT2D eigenvalue weighted by molar-refractivity contribution is 8.76. The molecule has 10 N–H and O–H groups in total. The molecule has 5 amide bonds. The van der Waals surface area contributed by atoms with Crippen LogP contribution in [0.25, 0.3) is 0 Å². The number of nitrogens with two attached hydrogens (primary N) is 2. The van der Waals surface area contributed by atoms with E-state index in [-0.39, 0.29) is 73.6 Å². The van der Waals surface area contributed by atoms with Gasteiger partial charge in [-0.3, -0.25) is 52.9 Å². The molecule has 0 aliphatic carbocycles. The Morgan fingerprint density at radius 1 is 0.721 bits per heavy atom. The molecule has 21 nitrogen and oxygen atoms in total. The van der Waals surface area contributed by atoms with Crippen molar-refractivity contribution in [3.8, 4) is 0 Å². The Morgan fingerprint density at radius 2 is 1.34 bits per heavy atom. The van der Waals surface area contributed by atoms with Crippen LogP contribution >= 0.6 is 33.3 Å². The summed E-state index contributed by atoms with van der Waals surface area (Å²) in [5.74, 6) is -12.2. The van der Waals surface area contributed by atoms with Crippen LogP contribution in [0.2, 0.25) is 0 Å². The molecule has 2 heterocycles. The Kier molecular flexibility index (Phi) is 25.2. The highest BCUT2D eigenvalue weighted by Gasteiger charge is 2.35. The molecule has 24 heteroatoms. The van der Waals surface area contributed by atoms with Gasteiger partial charge >= 0.3 is 5.97 Å². The van der Waals surface area contributed by atoms with Gasteiger partial charge in [-0.1, -0.05) is 51.9 Å². The highest BCUT2D eigenvalue weighted by Crippen LogP contribution is 2.27. The molecule has 2 saturated heterocycles. The summed E-state index contributed by atoms with van der Waals surface area (Å²) in [5.41, 5.74) is 11.6. The quantitative estimate of drug-likeness (QED) is 0.0490. The third kappa shape index (κ3) is 21.6. The van der Waals surface area contributed by atoms with E-state index < -0.39 is 133 Å². The minimum absolute atomic E-state index is 0.0476. The standard InChI is InChI=1S/C44H63N9O12S3/c1-25(54)33-21-66-24-38(59)50-32(12-6-7-13-47-26(2)55)43(65)53-35-23-68-67-22-34(37(58)18-29(41(63)51-33)15-27-9-4-3-5-10-27)52-42(64)30(19-39(60)61)16-31(56)20-49-40(62)28(17-36(35)57)11-8-14-48-44(45)46/h3-5,9-10,28-30,32-35H,6-8,11-24H2,1-2H3,(H,47,55)(H,49,62)(H,50,59)(H,51,63)(H,52,64)(H,53,65)(H,60,61)(H4,45,46,48)/p-1/t28-,29-,30+,32+,33+,34+,35+/m1/s1. The fourth-order valence-electron chi connectivity index (χ4n) is 7.19. The van der Waals surface area contributed by atoms with Crippen molar-refractivity contribution < 1.29 is 58.2 Å². The zero-order chi connectivity index (χ0) is 50.2. The summed E-state index contributed by atoms with van der Waals surface area (Å²) in [6.07, 6.45) is -1.16. The van der Waals surface area contributed by atoms with Gasteiger partial charge in [0.25, 0.3) is 0 Å². The Hall–Kier alpha value is -5.49. The van der Waals surface area contributed by atoms with E-state index in [2.05, 4.69) is 36.6 Å². The SMILES string of the molecule is CC(=O)[C@@H]1CSCC(=O)N[C@@H](CCCCN=C(C)[O-])C(=O)N[C@H]2CSSC[C@H](NC(=O)[C@H](CC(=O)O)CC(=O)CNC(=O)[C@H](CCCN=C(N)N)CC2=O)C(=O)C[C@@H](Cc2ccccc2)C(=O)N1. The molecule has 0 aromatic heterocycles. The Balaban J connectivity index is 2.14. The first-order valence-corrected chi connectivity index (χ1v) is 25.8. The summed E-state index contributed by atoms with van der Waals surface area (Å²) in [7, 11) is 2.07. The van der Waals surface area contributed by atoms with E-state index in [0.29, 0.717) is 18.4 Å². The van der Waals surface area contributed by atoms with Crippen molar-refractivity contribution in [2.45, 2.75) is 102 Å². The molecule has 1 aromatic carbocycles. The van der Waals surface area contributed by atoms with E-state index in [1.807, 2.05) is 0 Å². The number of carbonyl (C=O) groups is 10. The molecule has 2 bridgehead atoms. The van der Waals surface area contributed by atoms with Gasteiger partial charge in [-0.05, 0) is 63.8 Å². The molecule has 0 radical (unpaired) electrons. The number of carbonyl (C=O) groups excluding carboxylic acids is 9. The molecule has 2 aliphatic rings. The summed E-state index contributed by atoms with van der Waals surface area (Å²) < 4.78 is 0. The zero-order valence-corrected chi connectivity index (χ0v) is 40.6. The van der Waals surface area contributed by atoms with Crippen molar-refractivity contribution in [3.63, 3.8) is 0 Å². The molecule has 374 valence electrons. The van der Waals surface area contributed by atoms with Gasteiger partial charge in [0.15, 0.2) is 29.1 Å². The number of fused-ring (bicyclic) bond motifs is 5. The van der Waals surface area contributed by atoms with Gasteiger partial charge < -0.3 is 53.3 Å². The van der Waals surface area contributed by atoms with Crippen LogP contribution in [-0.2, 0) is 54.4 Å². The van der Waals surface area contributed by atoms with Crippen LogP contribution in [0.15, 0.2) is 40.3 Å². The number of ketones is 4. The molecule has 3 rings (SSSR count). The fourth-order valence-corrected chi connectivity index (χ4v) is 10.5. The van der Waals surface area contributed by atoms with Gasteiger partial charge in [0.2, 0.25) is 29.5 Å². The maximum absolute atomic E-state index is 14.4. The van der Waals surface area contributed by atoms with Gasteiger partial charge in [0, 0.05) is 61.4 Å². The van der Waals surface area contributed by atoms with Crippen molar-refractivity contribution in [2.24, 2.45) is 39.2 Å². The third-order valence-corrected chi connectivity index (χ3v) is 14.3. The Labute approximate surface area is 406 Å². The number of hydrogen-bond acceptors (Lipinski definition) is 16. The molecular formula is C44H62N9O12S3-. The van der Waals surface area contributed by atoms with E-state index in [1.165, 1.54) is 13.8 Å². The van der Waals surface area contributed by atoms with Gasteiger partial charge in [-0.2, -0.15) is 0 Å². The lowest BCUT2D eigenvalue weighted by Crippen LogP contribution is -2.53. The maximum atomic E-state index is 14.4. The second-order valence-corrected chi connectivity index (χ2v) is 20.1. The molecule has 1 aromatic rings. The van der Waals surface area contributed by atoms with Crippen LogP contribution < -0.4 is 43.2 Å². The number of aliphatic imine (C=N–C) groups is 2. The van der Waals surface area contributed by atoms with Gasteiger partial charge in [-0.15, -0.1) is 11.8 Å². The number of thioether (sulfide) groups is 1. The van der Waals surface area contributed by atoms with Crippen LogP contribution in [0.5, 0.6) is 0 Å². The molecule has 0 unspecified atom stereocenters. The van der Waals surface area contributed by atoms with Gasteiger partial charge in [0.05, 0.1) is 42.8 Å². The molecule has 68 heavy (non-hydrogen) atoms. The van der Waals surface area contributed by atoms with E-state index in [1.54, 1.807) is 30.3 Å². The summed E-state index contributed by atoms with van der Waals surface area (Å²) in [6, 6.07) is 3.86. The smallest absolute Gasteiger partial charge is 0.304 e. The molecule has 7 atom stereocenters. The number of nitrogens with one attached hydrogen (secondary N) is 5. The second kappa shape index (κ2) is 30.1. The number of aliphatic carboxylic acids is 1.